The van der Waals surface area contributed by atoms with Gasteiger partial charge in [-0.2, -0.15) is 0 Å². The second-order valence-electron chi connectivity index (χ2n) is 6.17. The monoisotopic (exact) mass is 360 g/mol. The van der Waals surface area contributed by atoms with Crippen molar-refractivity contribution >= 4 is 18.3 Å². The Morgan fingerprint density at radius 3 is 2.44 bits per heavy atom. The van der Waals surface area contributed by atoms with Crippen LogP contribution in [0.15, 0.2) is 54.6 Å². The molecule has 0 unspecified atom stereocenters. The van der Waals surface area contributed by atoms with E-state index in [2.05, 4.69) is 5.32 Å². The highest BCUT2D eigenvalue weighted by Gasteiger charge is 2.24. The van der Waals surface area contributed by atoms with Gasteiger partial charge in [-0.1, -0.05) is 42.5 Å². The molecule has 1 N–H and O–H groups in total. The Kier molecular flexibility index (Phi) is 7.29. The van der Waals surface area contributed by atoms with Crippen LogP contribution in [0.5, 0.6) is 5.75 Å². The van der Waals surface area contributed by atoms with Gasteiger partial charge in [0, 0.05) is 13.1 Å². The fourth-order valence-corrected chi connectivity index (χ4v) is 3.05. The molecule has 0 spiro atoms. The van der Waals surface area contributed by atoms with Crippen LogP contribution >= 0.6 is 12.4 Å². The third kappa shape index (κ3) is 4.97. The second kappa shape index (κ2) is 9.44. The van der Waals surface area contributed by atoms with Crippen LogP contribution in [0, 0.1) is 0 Å². The number of hydrogen-bond acceptors (Lipinski definition) is 3. The van der Waals surface area contributed by atoms with E-state index in [1.807, 2.05) is 66.5 Å². The van der Waals surface area contributed by atoms with Crippen molar-refractivity contribution in [2.24, 2.45) is 0 Å². The number of carbonyl (C=O) groups is 1. The number of rotatable bonds is 5. The molecular formula is C20H25ClN2O2. The molecule has 0 saturated carbocycles. The molecule has 1 fully saturated rings. The second-order valence-corrected chi connectivity index (χ2v) is 6.17. The molecule has 1 aliphatic rings. The van der Waals surface area contributed by atoms with E-state index in [1.54, 1.807) is 0 Å². The van der Waals surface area contributed by atoms with Gasteiger partial charge in [0.25, 0.3) is 5.91 Å². The summed E-state index contributed by atoms with van der Waals surface area (Å²) in [6.07, 6.45) is 1.99. The van der Waals surface area contributed by atoms with Crippen LogP contribution in [-0.4, -0.2) is 37.0 Å². The summed E-state index contributed by atoms with van der Waals surface area (Å²) in [6.45, 7) is 2.39. The van der Waals surface area contributed by atoms with Crippen LogP contribution in [0.1, 0.15) is 28.8 Å². The molecule has 25 heavy (non-hydrogen) atoms. The predicted molar refractivity (Wildman–Crippen MR) is 102 cm³/mol. The highest BCUT2D eigenvalue weighted by Crippen LogP contribution is 2.23. The number of piperidine rings is 1. The van der Waals surface area contributed by atoms with Gasteiger partial charge in [0.05, 0.1) is 5.56 Å². The summed E-state index contributed by atoms with van der Waals surface area (Å²) in [7, 11) is 1.90. The van der Waals surface area contributed by atoms with E-state index in [9.17, 15) is 4.79 Å². The predicted octanol–water partition coefficient (Wildman–Crippen LogP) is 3.51. The smallest absolute Gasteiger partial charge is 0.257 e. The molecule has 0 bridgehead atoms. The molecule has 5 heteroatoms. The number of halogens is 1. The molecule has 2 aromatic rings. The number of amides is 1. The van der Waals surface area contributed by atoms with E-state index >= 15 is 0 Å². The van der Waals surface area contributed by atoms with Crippen LogP contribution in [0.4, 0.5) is 0 Å². The zero-order valence-electron chi connectivity index (χ0n) is 14.5. The number of ether oxygens (including phenoxy) is 1. The normalized spacial score (nSPS) is 14.4. The van der Waals surface area contributed by atoms with Crippen molar-refractivity contribution in [3.63, 3.8) is 0 Å². The summed E-state index contributed by atoms with van der Waals surface area (Å²) in [6, 6.07) is 17.8. The minimum Gasteiger partial charge on any atom is -0.488 e. The Labute approximate surface area is 155 Å². The number of hydrogen-bond donors (Lipinski definition) is 1. The highest BCUT2D eigenvalue weighted by molar-refractivity contribution is 5.97. The van der Waals surface area contributed by atoms with Crippen molar-refractivity contribution in [3.8, 4) is 5.75 Å². The highest BCUT2D eigenvalue weighted by atomic mass is 35.5. The minimum absolute atomic E-state index is 0. The van der Waals surface area contributed by atoms with E-state index in [1.165, 1.54) is 0 Å². The lowest BCUT2D eigenvalue weighted by Gasteiger charge is -2.32. The lowest BCUT2D eigenvalue weighted by atomic mass is 10.0. The van der Waals surface area contributed by atoms with Crippen LogP contribution in [0.2, 0.25) is 0 Å². The van der Waals surface area contributed by atoms with E-state index in [-0.39, 0.29) is 18.3 Å². The van der Waals surface area contributed by atoms with Gasteiger partial charge in [0.2, 0.25) is 0 Å². The quantitative estimate of drug-likeness (QED) is 0.887. The fraction of sp³-hybridized carbons (Fsp3) is 0.350. The fourth-order valence-electron chi connectivity index (χ4n) is 3.05. The number of para-hydroxylation sites is 1. The summed E-state index contributed by atoms with van der Waals surface area (Å²) in [5.74, 6) is 0.678. The molecule has 134 valence electrons. The summed E-state index contributed by atoms with van der Waals surface area (Å²) in [5, 5.41) is 3.34. The van der Waals surface area contributed by atoms with Crippen LogP contribution in [-0.2, 0) is 6.61 Å². The Bertz CT molecular complexity index is 672. The number of nitrogens with one attached hydrogen (secondary N) is 1. The molecule has 1 amide bonds. The molecule has 3 rings (SSSR count). The minimum atomic E-state index is 0. The maximum atomic E-state index is 12.9. The first-order valence-electron chi connectivity index (χ1n) is 8.49. The average molecular weight is 361 g/mol. The van der Waals surface area contributed by atoms with Crippen LogP contribution < -0.4 is 10.1 Å². The van der Waals surface area contributed by atoms with Gasteiger partial charge >= 0.3 is 0 Å². The van der Waals surface area contributed by atoms with Crippen LogP contribution in [0.25, 0.3) is 0 Å². The molecule has 4 nitrogen and oxygen atoms in total. The Morgan fingerprint density at radius 2 is 1.72 bits per heavy atom. The summed E-state index contributed by atoms with van der Waals surface area (Å²) >= 11 is 0. The van der Waals surface area contributed by atoms with Gasteiger partial charge < -0.3 is 15.0 Å². The maximum absolute atomic E-state index is 12.9. The zero-order valence-corrected chi connectivity index (χ0v) is 15.3. The van der Waals surface area contributed by atoms with Crippen molar-refractivity contribution in [2.45, 2.75) is 25.5 Å². The first-order chi connectivity index (χ1) is 11.8. The molecule has 1 saturated heterocycles. The molecule has 0 aromatic heterocycles. The first-order valence-corrected chi connectivity index (χ1v) is 8.49. The standard InChI is InChI=1S/C20H24N2O2.ClH/c1-22(17-11-13-21-14-12-17)20(23)18-9-5-6-10-19(18)24-15-16-7-3-2-4-8-16;/h2-10,17,21H,11-15H2,1H3;1H. The van der Waals surface area contributed by atoms with Crippen molar-refractivity contribution in [2.75, 3.05) is 20.1 Å². The molecule has 1 aliphatic heterocycles. The average Bonchev–Trinajstić information content (AvgIpc) is 2.67. The lowest BCUT2D eigenvalue weighted by Crippen LogP contribution is -2.44. The van der Waals surface area contributed by atoms with Gasteiger partial charge in [-0.3, -0.25) is 4.79 Å². The molecule has 0 atom stereocenters. The van der Waals surface area contributed by atoms with E-state index in [0.29, 0.717) is 24.0 Å². The van der Waals surface area contributed by atoms with Crippen molar-refractivity contribution < 1.29 is 9.53 Å². The number of nitrogens with zero attached hydrogens (tertiary/aromatic N) is 1. The van der Waals surface area contributed by atoms with Gasteiger partial charge in [-0.15, -0.1) is 12.4 Å². The molecule has 1 heterocycles. The summed E-state index contributed by atoms with van der Waals surface area (Å²) < 4.78 is 5.92. The Balaban J connectivity index is 0.00000225. The molecule has 0 aliphatic carbocycles. The molecule has 2 aromatic carbocycles. The number of benzene rings is 2. The third-order valence-electron chi connectivity index (χ3n) is 4.53. The largest absolute Gasteiger partial charge is 0.488 e. The molecular weight excluding hydrogens is 336 g/mol. The number of carbonyl (C=O) groups excluding carboxylic acids is 1. The third-order valence-corrected chi connectivity index (χ3v) is 4.53. The van der Waals surface area contributed by atoms with Gasteiger partial charge in [-0.05, 0) is 43.6 Å². The summed E-state index contributed by atoms with van der Waals surface area (Å²) in [5.41, 5.74) is 1.72. The lowest BCUT2D eigenvalue weighted by molar-refractivity contribution is 0.0698. The first kappa shape index (κ1) is 19.3. The Hall–Kier alpha value is -2.04. The van der Waals surface area contributed by atoms with E-state index < -0.39 is 0 Å². The molecule has 0 radical (unpaired) electrons. The van der Waals surface area contributed by atoms with Gasteiger partial charge in [0.1, 0.15) is 12.4 Å². The van der Waals surface area contributed by atoms with Crippen LogP contribution in [0.3, 0.4) is 0 Å². The summed E-state index contributed by atoms with van der Waals surface area (Å²) in [4.78, 5) is 14.8. The maximum Gasteiger partial charge on any atom is 0.257 e. The van der Waals surface area contributed by atoms with Gasteiger partial charge in [0.15, 0.2) is 0 Å². The Morgan fingerprint density at radius 1 is 1.08 bits per heavy atom. The topological polar surface area (TPSA) is 41.6 Å². The van der Waals surface area contributed by atoms with Gasteiger partial charge in [-0.25, -0.2) is 0 Å². The van der Waals surface area contributed by atoms with Crippen molar-refractivity contribution in [1.82, 2.24) is 10.2 Å². The van der Waals surface area contributed by atoms with E-state index in [0.717, 1.165) is 31.5 Å². The van der Waals surface area contributed by atoms with E-state index in [4.69, 9.17) is 4.74 Å². The van der Waals surface area contributed by atoms with Crippen molar-refractivity contribution in [3.05, 3.63) is 65.7 Å². The van der Waals surface area contributed by atoms with Crippen molar-refractivity contribution in [1.29, 1.82) is 0 Å². The SMILES string of the molecule is CN(C(=O)c1ccccc1OCc1ccccc1)C1CCNCC1.Cl. The zero-order chi connectivity index (χ0) is 16.8.